The number of rotatable bonds is 6. The molecular weight excluding hydrogens is 420 g/mol. The number of hydrazone groups is 1. The van der Waals surface area contributed by atoms with Gasteiger partial charge in [0.15, 0.2) is 0 Å². The predicted octanol–water partition coefficient (Wildman–Crippen LogP) is 1.46. The summed E-state index contributed by atoms with van der Waals surface area (Å²) in [4.78, 5) is 26.5. The second-order valence-corrected chi connectivity index (χ2v) is 8.86. The number of carbonyl (C=O) groups excluding carboxylic acids is 2. The number of nitrogens with one attached hydrogen (secondary N) is 1. The van der Waals surface area contributed by atoms with Crippen LogP contribution in [0.4, 0.5) is 5.69 Å². The molecule has 1 heterocycles. The zero-order valence-electron chi connectivity index (χ0n) is 17.5. The van der Waals surface area contributed by atoms with Crippen LogP contribution in [0.25, 0.3) is 0 Å². The van der Waals surface area contributed by atoms with Gasteiger partial charge in [0.25, 0.3) is 0 Å². The third-order valence-corrected chi connectivity index (χ3v) is 6.25. The van der Waals surface area contributed by atoms with Gasteiger partial charge >= 0.3 is 0 Å². The van der Waals surface area contributed by atoms with Gasteiger partial charge in [0, 0.05) is 18.7 Å². The quantitative estimate of drug-likeness (QED) is 0.514. The molecule has 10 heteroatoms. The van der Waals surface area contributed by atoms with Crippen molar-refractivity contribution in [3.8, 4) is 5.75 Å². The Hall–Kier alpha value is -3.24. The summed E-state index contributed by atoms with van der Waals surface area (Å²) in [6, 6.07) is 10.3. The number of anilines is 1. The van der Waals surface area contributed by atoms with Crippen LogP contribution >= 0.6 is 0 Å². The molecule has 0 aromatic heterocycles. The van der Waals surface area contributed by atoms with Crippen LogP contribution in [0, 0.1) is 19.8 Å². The summed E-state index contributed by atoms with van der Waals surface area (Å²) in [6.07, 6.45) is 1.55. The Balaban J connectivity index is 1.68. The highest BCUT2D eigenvalue weighted by atomic mass is 32.2. The number of ether oxygens (including phenoxy) is 1. The van der Waals surface area contributed by atoms with Crippen molar-refractivity contribution in [3.05, 3.63) is 53.1 Å². The highest BCUT2D eigenvalue weighted by molar-refractivity contribution is 7.89. The highest BCUT2D eigenvalue weighted by Crippen LogP contribution is 2.30. The van der Waals surface area contributed by atoms with E-state index in [-0.39, 0.29) is 29.7 Å². The van der Waals surface area contributed by atoms with Crippen molar-refractivity contribution in [2.24, 2.45) is 16.2 Å². The van der Waals surface area contributed by atoms with E-state index >= 15 is 0 Å². The predicted molar refractivity (Wildman–Crippen MR) is 116 cm³/mol. The van der Waals surface area contributed by atoms with E-state index < -0.39 is 15.9 Å². The smallest absolute Gasteiger partial charge is 0.245 e. The summed E-state index contributed by atoms with van der Waals surface area (Å²) in [5.74, 6) is -0.441. The Bertz CT molecular complexity index is 1120. The number of nitrogens with two attached hydrogens (primary N) is 1. The van der Waals surface area contributed by atoms with Crippen molar-refractivity contribution in [2.45, 2.75) is 25.2 Å². The van der Waals surface area contributed by atoms with Crippen molar-refractivity contribution in [1.29, 1.82) is 0 Å². The van der Waals surface area contributed by atoms with E-state index in [1.807, 2.05) is 0 Å². The molecule has 9 nitrogen and oxygen atoms in total. The molecule has 2 aromatic carbocycles. The summed E-state index contributed by atoms with van der Waals surface area (Å²) in [7, 11) is -2.29. The fraction of sp³-hybridized carbons (Fsp3) is 0.286. The Morgan fingerprint density at radius 2 is 1.84 bits per heavy atom. The van der Waals surface area contributed by atoms with Crippen LogP contribution in [0.2, 0.25) is 0 Å². The molecular formula is C21H24N4O5S. The van der Waals surface area contributed by atoms with E-state index in [1.165, 1.54) is 11.1 Å². The van der Waals surface area contributed by atoms with Gasteiger partial charge in [0.2, 0.25) is 21.8 Å². The number of sulfonamides is 1. The zero-order valence-corrected chi connectivity index (χ0v) is 18.3. The molecule has 31 heavy (non-hydrogen) atoms. The number of amides is 2. The van der Waals surface area contributed by atoms with Gasteiger partial charge < -0.3 is 9.64 Å². The largest absolute Gasteiger partial charge is 0.497 e. The number of methoxy groups -OCH3 is 1. The standard InChI is InChI=1S/C21H24N4O5S/c1-13-8-17(9-14(2)20(13)31(22,28)29)25-12-16(10-19(25)26)21(27)24-23-11-15-4-6-18(30-3)7-5-15/h4-9,11,16H,10,12H2,1-3H3,(H,24,27)(H2,22,28,29)/b23-11+. The molecule has 0 aliphatic carbocycles. The second kappa shape index (κ2) is 8.86. The maximum absolute atomic E-state index is 12.5. The molecule has 0 spiro atoms. The zero-order chi connectivity index (χ0) is 22.8. The first-order chi connectivity index (χ1) is 14.6. The average Bonchev–Trinajstić information content (AvgIpc) is 3.08. The first-order valence-electron chi connectivity index (χ1n) is 9.51. The molecule has 0 bridgehead atoms. The van der Waals surface area contributed by atoms with E-state index in [0.29, 0.717) is 22.6 Å². The molecule has 3 N–H and O–H groups in total. The number of hydrogen-bond acceptors (Lipinski definition) is 6. The summed E-state index contributed by atoms with van der Waals surface area (Å²) in [5, 5.41) is 9.23. The third kappa shape index (κ3) is 5.09. The molecule has 2 aromatic rings. The lowest BCUT2D eigenvalue weighted by Crippen LogP contribution is -2.30. The summed E-state index contributed by atoms with van der Waals surface area (Å²) in [5.41, 5.74) is 4.68. The van der Waals surface area contributed by atoms with Crippen LogP contribution in [0.1, 0.15) is 23.1 Å². The number of carbonyl (C=O) groups is 2. The molecule has 164 valence electrons. The van der Waals surface area contributed by atoms with Gasteiger partial charge in [-0.05, 0) is 66.9 Å². The Labute approximate surface area is 180 Å². The minimum Gasteiger partial charge on any atom is -0.497 e. The number of aryl methyl sites for hydroxylation is 2. The number of hydrogen-bond donors (Lipinski definition) is 2. The fourth-order valence-electron chi connectivity index (χ4n) is 3.62. The van der Waals surface area contributed by atoms with E-state index in [9.17, 15) is 18.0 Å². The summed E-state index contributed by atoms with van der Waals surface area (Å²) in [6.45, 7) is 3.42. The van der Waals surface area contributed by atoms with E-state index in [0.717, 1.165) is 5.56 Å². The number of primary sulfonamides is 1. The van der Waals surface area contributed by atoms with Gasteiger partial charge in [-0.25, -0.2) is 19.0 Å². The topological polar surface area (TPSA) is 131 Å². The lowest BCUT2D eigenvalue weighted by Gasteiger charge is -2.19. The molecule has 1 unspecified atom stereocenters. The Morgan fingerprint density at radius 3 is 2.39 bits per heavy atom. The maximum Gasteiger partial charge on any atom is 0.245 e. The molecule has 0 radical (unpaired) electrons. The molecule has 2 amide bonds. The second-order valence-electron chi connectivity index (χ2n) is 7.37. The highest BCUT2D eigenvalue weighted by Gasteiger charge is 2.35. The normalized spacial score (nSPS) is 16.7. The monoisotopic (exact) mass is 444 g/mol. The first-order valence-corrected chi connectivity index (χ1v) is 11.1. The van der Waals surface area contributed by atoms with Gasteiger partial charge in [0.1, 0.15) is 5.75 Å². The van der Waals surface area contributed by atoms with Crippen molar-refractivity contribution < 1.29 is 22.7 Å². The van der Waals surface area contributed by atoms with Crippen LogP contribution in [0.3, 0.4) is 0 Å². The van der Waals surface area contributed by atoms with E-state index in [1.54, 1.807) is 57.4 Å². The SMILES string of the molecule is COc1ccc(/C=N/NC(=O)C2CC(=O)N(c3cc(C)c(S(N)(=O)=O)c(C)c3)C2)cc1. The minimum absolute atomic E-state index is 0.0406. The lowest BCUT2D eigenvalue weighted by molar-refractivity contribution is -0.126. The van der Waals surface area contributed by atoms with Crippen LogP contribution < -0.4 is 20.2 Å². The third-order valence-electron chi connectivity index (χ3n) is 5.04. The van der Waals surface area contributed by atoms with Crippen molar-refractivity contribution >= 4 is 33.7 Å². The Morgan fingerprint density at radius 1 is 1.23 bits per heavy atom. The van der Waals surface area contributed by atoms with Crippen molar-refractivity contribution in [2.75, 3.05) is 18.6 Å². The summed E-state index contributed by atoms with van der Waals surface area (Å²) >= 11 is 0. The average molecular weight is 445 g/mol. The fourth-order valence-corrected chi connectivity index (χ4v) is 4.63. The van der Waals surface area contributed by atoms with Crippen LogP contribution in [0.5, 0.6) is 5.75 Å². The van der Waals surface area contributed by atoms with Crippen LogP contribution in [-0.4, -0.2) is 40.1 Å². The molecule has 1 aliphatic heterocycles. The van der Waals surface area contributed by atoms with Crippen LogP contribution in [-0.2, 0) is 19.6 Å². The lowest BCUT2D eigenvalue weighted by atomic mass is 10.1. The molecule has 1 saturated heterocycles. The van der Waals surface area contributed by atoms with E-state index in [2.05, 4.69) is 10.5 Å². The molecule has 1 atom stereocenters. The Kier molecular flexibility index (Phi) is 6.42. The van der Waals surface area contributed by atoms with E-state index in [4.69, 9.17) is 9.88 Å². The summed E-state index contributed by atoms with van der Waals surface area (Å²) < 4.78 is 28.6. The van der Waals surface area contributed by atoms with Gasteiger partial charge in [0.05, 0.1) is 24.1 Å². The van der Waals surface area contributed by atoms with Gasteiger partial charge in [-0.2, -0.15) is 5.10 Å². The molecule has 3 rings (SSSR count). The maximum atomic E-state index is 12.5. The molecule has 0 saturated carbocycles. The minimum atomic E-state index is -3.87. The van der Waals surface area contributed by atoms with Crippen molar-refractivity contribution in [1.82, 2.24) is 5.43 Å². The van der Waals surface area contributed by atoms with Gasteiger partial charge in [-0.3, -0.25) is 9.59 Å². The van der Waals surface area contributed by atoms with Gasteiger partial charge in [-0.15, -0.1) is 0 Å². The van der Waals surface area contributed by atoms with Crippen molar-refractivity contribution in [3.63, 3.8) is 0 Å². The first kappa shape index (κ1) is 22.4. The number of nitrogens with zero attached hydrogens (tertiary/aromatic N) is 2. The van der Waals surface area contributed by atoms with Gasteiger partial charge in [-0.1, -0.05) is 0 Å². The number of benzene rings is 2. The molecule has 1 fully saturated rings. The van der Waals surface area contributed by atoms with Crippen LogP contribution in [0.15, 0.2) is 46.4 Å². The molecule has 1 aliphatic rings.